The Morgan fingerprint density at radius 3 is 1.30 bits per heavy atom. The second-order valence-corrected chi connectivity index (χ2v) is 10.8. The molecule has 248 valence electrons. The maximum absolute atomic E-state index is 9.95. The minimum Gasteiger partial charge on any atom is -0.412 e. The molecular weight excluding hydrogens is 592 g/mol. The van der Waals surface area contributed by atoms with Crippen LogP contribution in [0.4, 0.5) is 0 Å². The first kappa shape index (κ1) is 38.8. The minimum atomic E-state index is -0.986. The van der Waals surface area contributed by atoms with Crippen LogP contribution in [0, 0.1) is 23.7 Å². The van der Waals surface area contributed by atoms with Gasteiger partial charge in [0.05, 0.1) is 36.7 Å². The molecule has 0 saturated carbocycles. The quantitative estimate of drug-likeness (QED) is 0.101. The van der Waals surface area contributed by atoms with Crippen LogP contribution in [0.3, 0.4) is 0 Å². The maximum atomic E-state index is 9.95. The highest BCUT2D eigenvalue weighted by Crippen LogP contribution is 2.14. The third-order valence-corrected chi connectivity index (χ3v) is 7.03. The second kappa shape index (κ2) is 22.2. The molecule has 0 aliphatic heterocycles. The molecule has 9 heteroatoms. The molecule has 9 nitrogen and oxygen atoms in total. The lowest BCUT2D eigenvalue weighted by molar-refractivity contribution is 0.106. The van der Waals surface area contributed by atoms with E-state index < -0.39 is 24.3 Å². The molecule has 2 aromatic carbocycles. The lowest BCUT2D eigenvalue weighted by Crippen LogP contribution is -2.32. The van der Waals surface area contributed by atoms with Crippen LogP contribution in [0.1, 0.15) is 71.8 Å². The summed E-state index contributed by atoms with van der Waals surface area (Å²) in [7, 11) is 0. The van der Waals surface area contributed by atoms with Gasteiger partial charge in [-0.05, 0) is 72.9 Å². The molecule has 0 aliphatic carbocycles. The number of hydrogen-bond acceptors (Lipinski definition) is 8. The van der Waals surface area contributed by atoms with Crippen molar-refractivity contribution in [2.45, 2.75) is 62.8 Å². The Bertz CT molecular complexity index is 1450. The number of nitrogens with two attached hydrogens (primary N) is 2. The molecule has 0 aliphatic rings. The summed E-state index contributed by atoms with van der Waals surface area (Å²) in [5, 5.41) is 37.9. The summed E-state index contributed by atoms with van der Waals surface area (Å²) in [5.41, 5.74) is 15.9. The maximum Gasteiger partial charge on any atom is 0.113 e. The summed E-state index contributed by atoms with van der Waals surface area (Å²) in [6.45, 7) is -0.587. The molecule has 2 heterocycles. The molecule has 0 spiro atoms. The van der Waals surface area contributed by atoms with Gasteiger partial charge in [-0.3, -0.25) is 0 Å². The molecule has 0 fully saturated rings. The lowest BCUT2D eigenvalue weighted by Gasteiger charge is -2.15. The third kappa shape index (κ3) is 14.3. The number of aliphatic hydroxyl groups is 4. The van der Waals surface area contributed by atoms with E-state index in [4.69, 9.17) is 21.7 Å². The molecule has 4 rings (SSSR count). The Labute approximate surface area is 277 Å². The van der Waals surface area contributed by atoms with Crippen LogP contribution in [0.2, 0.25) is 0 Å². The number of aliphatic hydroxyl groups excluding tert-OH is 4. The highest BCUT2D eigenvalue weighted by atomic mass is 16.3. The van der Waals surface area contributed by atoms with Crippen molar-refractivity contribution in [3.05, 3.63) is 131 Å². The van der Waals surface area contributed by atoms with Crippen LogP contribution in [-0.4, -0.2) is 61.2 Å². The van der Waals surface area contributed by atoms with Gasteiger partial charge in [0.1, 0.15) is 23.6 Å². The summed E-state index contributed by atoms with van der Waals surface area (Å²) >= 11 is 0. The van der Waals surface area contributed by atoms with Crippen LogP contribution >= 0.6 is 0 Å². The van der Waals surface area contributed by atoms with Gasteiger partial charge >= 0.3 is 0 Å². The second-order valence-electron chi connectivity index (χ2n) is 10.8. The molecule has 0 bridgehead atoms. The van der Waals surface area contributed by atoms with E-state index in [1.54, 1.807) is 36.4 Å². The van der Waals surface area contributed by atoms with E-state index in [9.17, 15) is 10.2 Å². The van der Waals surface area contributed by atoms with E-state index >= 15 is 0 Å². The van der Waals surface area contributed by atoms with Crippen LogP contribution in [0.25, 0.3) is 0 Å². The SMILES string of the molecule is NC(CO)C(O)c1cccc(C#CCCCc2ccccc2)n1.NC(CO)C(O)c1cccc(C#CCCCc2ccccc2)n1.O. The van der Waals surface area contributed by atoms with Crippen LogP contribution < -0.4 is 11.5 Å². The fraction of sp³-hybridized carbons (Fsp3) is 0.316. The van der Waals surface area contributed by atoms with Gasteiger partial charge in [-0.15, -0.1) is 0 Å². The normalized spacial score (nSPS) is 12.7. The monoisotopic (exact) mass is 638 g/mol. The fourth-order valence-corrected chi connectivity index (χ4v) is 4.37. The van der Waals surface area contributed by atoms with Crippen molar-refractivity contribution in [2.24, 2.45) is 11.5 Å². The lowest BCUT2D eigenvalue weighted by atomic mass is 10.1. The number of nitrogens with zero attached hydrogens (tertiary/aromatic N) is 2. The predicted octanol–water partition coefficient (Wildman–Crippen LogP) is 2.79. The molecule has 47 heavy (non-hydrogen) atoms. The van der Waals surface area contributed by atoms with E-state index in [1.807, 2.05) is 36.4 Å². The number of pyridine rings is 2. The average molecular weight is 639 g/mol. The van der Waals surface area contributed by atoms with Gasteiger partial charge in [-0.2, -0.15) is 0 Å². The fourth-order valence-electron chi connectivity index (χ4n) is 4.37. The van der Waals surface area contributed by atoms with E-state index in [-0.39, 0.29) is 18.7 Å². The average Bonchev–Trinajstić information content (AvgIpc) is 3.11. The molecular formula is C38H46N4O5. The third-order valence-electron chi connectivity index (χ3n) is 7.03. The summed E-state index contributed by atoms with van der Waals surface area (Å²) in [6.07, 6.45) is 3.61. The molecule has 4 aromatic rings. The van der Waals surface area contributed by atoms with Crippen LogP contribution in [0.5, 0.6) is 0 Å². The highest BCUT2D eigenvalue weighted by Gasteiger charge is 2.18. The first-order valence-electron chi connectivity index (χ1n) is 15.5. The molecule has 0 radical (unpaired) electrons. The Morgan fingerprint density at radius 2 is 0.936 bits per heavy atom. The number of unbranched alkanes of at least 4 members (excludes halogenated alkanes) is 2. The molecule has 4 atom stereocenters. The number of aryl methyl sites for hydroxylation is 2. The van der Waals surface area contributed by atoms with Crippen molar-refractivity contribution in [1.29, 1.82) is 0 Å². The van der Waals surface area contributed by atoms with Crippen molar-refractivity contribution in [1.82, 2.24) is 9.97 Å². The van der Waals surface area contributed by atoms with Gasteiger partial charge in [0.25, 0.3) is 0 Å². The van der Waals surface area contributed by atoms with Crippen molar-refractivity contribution in [3.63, 3.8) is 0 Å². The number of rotatable bonds is 12. The van der Waals surface area contributed by atoms with Crippen molar-refractivity contribution in [2.75, 3.05) is 13.2 Å². The molecule has 0 amide bonds. The topological polar surface area (TPSA) is 190 Å². The first-order valence-corrected chi connectivity index (χ1v) is 15.5. The molecule has 2 aromatic heterocycles. The zero-order valence-electron chi connectivity index (χ0n) is 26.5. The Balaban J connectivity index is 0.000000320. The van der Waals surface area contributed by atoms with E-state index in [2.05, 4.69) is 57.9 Å². The molecule has 10 N–H and O–H groups in total. The largest absolute Gasteiger partial charge is 0.412 e. The number of hydrogen-bond donors (Lipinski definition) is 6. The minimum absolute atomic E-state index is 0. The van der Waals surface area contributed by atoms with Gasteiger partial charge in [-0.25, -0.2) is 9.97 Å². The van der Waals surface area contributed by atoms with E-state index in [1.165, 1.54) is 11.1 Å². The Kier molecular flexibility index (Phi) is 18.3. The summed E-state index contributed by atoms with van der Waals surface area (Å²) in [5.74, 6) is 12.2. The smallest absolute Gasteiger partial charge is 0.113 e. The Hall–Kier alpha value is -4.42. The van der Waals surface area contributed by atoms with Gasteiger partial charge in [0.2, 0.25) is 0 Å². The highest BCUT2D eigenvalue weighted by molar-refractivity contribution is 5.30. The molecule has 4 unspecified atom stereocenters. The molecule has 0 saturated heterocycles. The van der Waals surface area contributed by atoms with Gasteiger partial charge < -0.3 is 37.4 Å². The Morgan fingerprint density at radius 1 is 0.553 bits per heavy atom. The van der Waals surface area contributed by atoms with Gasteiger partial charge in [0.15, 0.2) is 0 Å². The summed E-state index contributed by atoms with van der Waals surface area (Å²) < 4.78 is 0. The summed E-state index contributed by atoms with van der Waals surface area (Å²) in [6, 6.07) is 29.7. The van der Waals surface area contributed by atoms with Crippen molar-refractivity contribution in [3.8, 4) is 23.7 Å². The van der Waals surface area contributed by atoms with Crippen LogP contribution in [0.15, 0.2) is 97.1 Å². The van der Waals surface area contributed by atoms with Crippen molar-refractivity contribution >= 4 is 0 Å². The summed E-state index contributed by atoms with van der Waals surface area (Å²) in [4.78, 5) is 8.57. The van der Waals surface area contributed by atoms with E-state index in [0.29, 0.717) is 22.8 Å². The number of benzene rings is 2. The van der Waals surface area contributed by atoms with Gasteiger partial charge in [0, 0.05) is 12.8 Å². The zero-order chi connectivity index (χ0) is 33.0. The van der Waals surface area contributed by atoms with Crippen LogP contribution in [-0.2, 0) is 12.8 Å². The first-order chi connectivity index (χ1) is 22.4. The van der Waals surface area contributed by atoms with Gasteiger partial charge in [-0.1, -0.05) is 84.6 Å². The number of aromatic nitrogens is 2. The predicted molar refractivity (Wildman–Crippen MR) is 185 cm³/mol. The standard InChI is InChI=1S/2C19H22N2O2.H2O/c2*20-17(14-22)19(23)18-13-7-12-16(21-18)11-6-2-5-10-15-8-3-1-4-9-15;/h2*1,3-4,7-9,12-13,17,19,22-23H,2,5,10,14,20H2;1H2. The zero-order valence-corrected chi connectivity index (χ0v) is 26.5. The van der Waals surface area contributed by atoms with E-state index in [0.717, 1.165) is 38.5 Å². The van der Waals surface area contributed by atoms with Crippen molar-refractivity contribution < 1.29 is 25.9 Å².